The number of hydrogen-bond acceptors (Lipinski definition) is 5. The Morgan fingerprint density at radius 3 is 2.14 bits per heavy atom. The second kappa shape index (κ2) is 6.73. The second-order valence-corrected chi connectivity index (χ2v) is 7.05. The van der Waals surface area contributed by atoms with Gasteiger partial charge in [-0.25, -0.2) is 4.79 Å². The number of rotatable bonds is 5. The van der Waals surface area contributed by atoms with E-state index in [0.29, 0.717) is 22.4 Å². The lowest BCUT2D eigenvalue weighted by atomic mass is 9.92. The molecule has 8 nitrogen and oxygen atoms in total. The SMILES string of the molecule is COc1cccc(C2(C)NC(=O)N(CCN3C(=O)c4ccccc4C3=O)C2=O)c1. The molecule has 2 aromatic rings. The third-order valence-corrected chi connectivity index (χ3v) is 5.35. The summed E-state index contributed by atoms with van der Waals surface area (Å²) in [6, 6.07) is 12.9. The first kappa shape index (κ1) is 18.7. The summed E-state index contributed by atoms with van der Waals surface area (Å²) in [7, 11) is 1.52. The molecule has 2 heterocycles. The van der Waals surface area contributed by atoms with Crippen LogP contribution in [0.4, 0.5) is 4.79 Å². The van der Waals surface area contributed by atoms with Crippen LogP contribution in [0.25, 0.3) is 0 Å². The van der Waals surface area contributed by atoms with E-state index < -0.39 is 29.3 Å². The summed E-state index contributed by atoms with van der Waals surface area (Å²) in [5.74, 6) is -0.732. The molecule has 2 aliphatic rings. The average molecular weight is 393 g/mol. The van der Waals surface area contributed by atoms with Gasteiger partial charge in [0, 0.05) is 13.1 Å². The minimum Gasteiger partial charge on any atom is -0.497 e. The number of carbonyl (C=O) groups is 4. The highest BCUT2D eigenvalue weighted by Gasteiger charge is 2.49. The lowest BCUT2D eigenvalue weighted by Gasteiger charge is -2.23. The first-order chi connectivity index (χ1) is 13.9. The smallest absolute Gasteiger partial charge is 0.325 e. The number of imide groups is 2. The molecule has 8 heteroatoms. The Kier molecular flexibility index (Phi) is 4.34. The summed E-state index contributed by atoms with van der Waals surface area (Å²) in [5, 5.41) is 2.71. The van der Waals surface area contributed by atoms with Crippen molar-refractivity contribution in [2.45, 2.75) is 12.5 Å². The highest BCUT2D eigenvalue weighted by atomic mass is 16.5. The van der Waals surface area contributed by atoms with Crippen LogP contribution in [0, 0.1) is 0 Å². The Hall–Kier alpha value is -3.68. The fourth-order valence-electron chi connectivity index (χ4n) is 3.67. The zero-order valence-electron chi connectivity index (χ0n) is 16.0. The van der Waals surface area contributed by atoms with Crippen molar-refractivity contribution < 1.29 is 23.9 Å². The molecule has 0 aromatic heterocycles. The van der Waals surface area contributed by atoms with Crippen LogP contribution < -0.4 is 10.1 Å². The number of urea groups is 1. The minimum atomic E-state index is -1.26. The van der Waals surface area contributed by atoms with Crippen molar-refractivity contribution in [3.05, 3.63) is 65.2 Å². The summed E-state index contributed by atoms with van der Waals surface area (Å²) in [4.78, 5) is 52.6. The van der Waals surface area contributed by atoms with Crippen LogP contribution in [0.1, 0.15) is 33.2 Å². The van der Waals surface area contributed by atoms with Gasteiger partial charge in [0.25, 0.3) is 17.7 Å². The minimum absolute atomic E-state index is 0.0697. The van der Waals surface area contributed by atoms with Crippen LogP contribution in [-0.4, -0.2) is 53.8 Å². The Morgan fingerprint density at radius 1 is 0.897 bits per heavy atom. The zero-order chi connectivity index (χ0) is 20.8. The Morgan fingerprint density at radius 2 is 1.52 bits per heavy atom. The van der Waals surface area contributed by atoms with E-state index >= 15 is 0 Å². The van der Waals surface area contributed by atoms with Gasteiger partial charge in [0.05, 0.1) is 18.2 Å². The normalized spacial score (nSPS) is 20.9. The molecule has 0 spiro atoms. The molecule has 5 amide bonds. The molecule has 1 N–H and O–H groups in total. The van der Waals surface area contributed by atoms with E-state index in [0.717, 1.165) is 9.80 Å². The molecule has 1 atom stereocenters. The van der Waals surface area contributed by atoms with Gasteiger partial charge in [-0.2, -0.15) is 0 Å². The van der Waals surface area contributed by atoms with E-state index in [2.05, 4.69) is 5.32 Å². The molecular formula is C21H19N3O5. The number of fused-ring (bicyclic) bond motifs is 1. The van der Waals surface area contributed by atoms with Crippen molar-refractivity contribution in [1.29, 1.82) is 0 Å². The molecule has 2 aromatic carbocycles. The van der Waals surface area contributed by atoms with E-state index in [1.54, 1.807) is 55.5 Å². The Balaban J connectivity index is 1.52. The molecule has 148 valence electrons. The van der Waals surface area contributed by atoms with Gasteiger partial charge in [-0.3, -0.25) is 24.2 Å². The molecule has 29 heavy (non-hydrogen) atoms. The van der Waals surface area contributed by atoms with Crippen LogP contribution in [0.15, 0.2) is 48.5 Å². The van der Waals surface area contributed by atoms with E-state index in [1.165, 1.54) is 7.11 Å². The number of carbonyl (C=O) groups excluding carboxylic acids is 4. The number of amides is 5. The lowest BCUT2D eigenvalue weighted by molar-refractivity contribution is -0.131. The van der Waals surface area contributed by atoms with Gasteiger partial charge >= 0.3 is 6.03 Å². The van der Waals surface area contributed by atoms with E-state index in [9.17, 15) is 19.2 Å². The summed E-state index contributed by atoms with van der Waals surface area (Å²) in [6.45, 7) is 1.46. The van der Waals surface area contributed by atoms with Gasteiger partial charge in [-0.15, -0.1) is 0 Å². The van der Waals surface area contributed by atoms with Crippen molar-refractivity contribution >= 4 is 23.8 Å². The Labute approximate surface area is 167 Å². The molecular weight excluding hydrogens is 374 g/mol. The van der Waals surface area contributed by atoms with Gasteiger partial charge < -0.3 is 10.1 Å². The predicted octanol–water partition coefficient (Wildman–Crippen LogP) is 1.76. The maximum atomic E-state index is 13.0. The molecule has 0 aliphatic carbocycles. The zero-order valence-corrected chi connectivity index (χ0v) is 16.0. The first-order valence-corrected chi connectivity index (χ1v) is 9.10. The fourth-order valence-corrected chi connectivity index (χ4v) is 3.67. The van der Waals surface area contributed by atoms with Crippen molar-refractivity contribution in [3.8, 4) is 5.75 Å². The highest BCUT2D eigenvalue weighted by Crippen LogP contribution is 2.31. The molecule has 2 aliphatic heterocycles. The van der Waals surface area contributed by atoms with Crippen LogP contribution in [-0.2, 0) is 10.3 Å². The van der Waals surface area contributed by atoms with E-state index in [-0.39, 0.29) is 13.1 Å². The Bertz CT molecular complexity index is 1020. The quantitative estimate of drug-likeness (QED) is 0.617. The number of nitrogens with one attached hydrogen (secondary N) is 1. The highest BCUT2D eigenvalue weighted by molar-refractivity contribution is 6.21. The molecule has 1 unspecified atom stereocenters. The second-order valence-electron chi connectivity index (χ2n) is 7.05. The summed E-state index contributed by atoms with van der Waals surface area (Å²) in [6.07, 6.45) is 0. The van der Waals surface area contributed by atoms with Crippen molar-refractivity contribution in [1.82, 2.24) is 15.1 Å². The van der Waals surface area contributed by atoms with E-state index in [1.807, 2.05) is 0 Å². The third-order valence-electron chi connectivity index (χ3n) is 5.35. The molecule has 4 rings (SSSR count). The van der Waals surface area contributed by atoms with Crippen molar-refractivity contribution in [2.24, 2.45) is 0 Å². The maximum absolute atomic E-state index is 13.0. The summed E-state index contributed by atoms with van der Waals surface area (Å²) in [5.41, 5.74) is -0.0153. The number of hydrogen-bond donors (Lipinski definition) is 1. The van der Waals surface area contributed by atoms with Gasteiger partial charge in [0.1, 0.15) is 11.3 Å². The van der Waals surface area contributed by atoms with Gasteiger partial charge in [-0.05, 0) is 36.8 Å². The summed E-state index contributed by atoms with van der Waals surface area (Å²) >= 11 is 0. The van der Waals surface area contributed by atoms with Crippen molar-refractivity contribution in [2.75, 3.05) is 20.2 Å². The topological polar surface area (TPSA) is 96.0 Å². The standard InChI is InChI=1S/C21H19N3O5/c1-21(13-6-5-7-14(12-13)29-2)19(27)24(20(28)22-21)11-10-23-17(25)15-8-3-4-9-16(15)18(23)26/h3-9,12H,10-11H2,1-2H3,(H,22,28). The van der Waals surface area contributed by atoms with E-state index in [4.69, 9.17) is 4.74 Å². The maximum Gasteiger partial charge on any atom is 0.325 e. The summed E-state index contributed by atoms with van der Waals surface area (Å²) < 4.78 is 5.20. The van der Waals surface area contributed by atoms with Crippen LogP contribution >= 0.6 is 0 Å². The lowest BCUT2D eigenvalue weighted by Crippen LogP contribution is -2.43. The molecule has 0 bridgehead atoms. The molecule has 1 fully saturated rings. The molecule has 0 radical (unpaired) electrons. The number of methoxy groups -OCH3 is 1. The van der Waals surface area contributed by atoms with Gasteiger partial charge in [0.15, 0.2) is 0 Å². The monoisotopic (exact) mass is 393 g/mol. The first-order valence-electron chi connectivity index (χ1n) is 9.10. The number of nitrogens with zero attached hydrogens (tertiary/aromatic N) is 2. The van der Waals surface area contributed by atoms with Gasteiger partial charge in [-0.1, -0.05) is 24.3 Å². The molecule has 1 saturated heterocycles. The largest absolute Gasteiger partial charge is 0.497 e. The fraction of sp³-hybridized carbons (Fsp3) is 0.238. The number of benzene rings is 2. The average Bonchev–Trinajstić information content (AvgIpc) is 3.11. The van der Waals surface area contributed by atoms with Gasteiger partial charge in [0.2, 0.25) is 0 Å². The molecule has 0 saturated carbocycles. The predicted molar refractivity (Wildman–Crippen MR) is 102 cm³/mol. The third kappa shape index (κ3) is 2.84. The van der Waals surface area contributed by atoms with Crippen LogP contribution in [0.2, 0.25) is 0 Å². The number of ether oxygens (including phenoxy) is 1. The van der Waals surface area contributed by atoms with Crippen LogP contribution in [0.5, 0.6) is 5.75 Å². The van der Waals surface area contributed by atoms with Crippen LogP contribution in [0.3, 0.4) is 0 Å². The van der Waals surface area contributed by atoms with Crippen molar-refractivity contribution in [3.63, 3.8) is 0 Å².